The summed E-state index contributed by atoms with van der Waals surface area (Å²) in [5.74, 6) is -0.258. The van der Waals surface area contributed by atoms with E-state index in [0.717, 1.165) is 17.7 Å². The van der Waals surface area contributed by atoms with Crippen molar-refractivity contribution in [1.82, 2.24) is 4.90 Å². The normalized spacial score (nSPS) is 16.9. The first kappa shape index (κ1) is 16.6. The number of rotatable bonds is 6. The molecule has 0 fully saturated rings. The van der Waals surface area contributed by atoms with E-state index in [2.05, 4.69) is 6.58 Å². The molecule has 0 aliphatic rings. The quantitative estimate of drug-likeness (QED) is 0.806. The van der Waals surface area contributed by atoms with E-state index >= 15 is 0 Å². The van der Waals surface area contributed by atoms with Crippen molar-refractivity contribution in [2.75, 3.05) is 20.6 Å². The van der Waals surface area contributed by atoms with Crippen molar-refractivity contribution < 1.29 is 9.50 Å². The lowest BCUT2D eigenvalue weighted by Crippen LogP contribution is -2.40. The summed E-state index contributed by atoms with van der Waals surface area (Å²) in [6, 6.07) is 6.21. The second kappa shape index (κ2) is 6.82. The van der Waals surface area contributed by atoms with Gasteiger partial charge in [0.05, 0.1) is 0 Å². The molecule has 0 heterocycles. The summed E-state index contributed by atoms with van der Waals surface area (Å²) < 4.78 is 12.9. The third kappa shape index (κ3) is 4.02. The van der Waals surface area contributed by atoms with Gasteiger partial charge in [-0.05, 0) is 44.3 Å². The highest BCUT2D eigenvalue weighted by Gasteiger charge is 2.32. The van der Waals surface area contributed by atoms with Gasteiger partial charge in [-0.1, -0.05) is 37.8 Å². The van der Waals surface area contributed by atoms with E-state index in [-0.39, 0.29) is 11.7 Å². The van der Waals surface area contributed by atoms with Crippen molar-refractivity contribution in [1.29, 1.82) is 0 Å². The van der Waals surface area contributed by atoms with Gasteiger partial charge in [0.2, 0.25) is 0 Å². The Morgan fingerprint density at radius 1 is 1.40 bits per heavy atom. The highest BCUT2D eigenvalue weighted by molar-refractivity contribution is 5.55. The van der Waals surface area contributed by atoms with Crippen LogP contribution in [0.25, 0.3) is 6.08 Å². The highest BCUT2D eigenvalue weighted by Crippen LogP contribution is 2.29. The molecule has 0 aliphatic carbocycles. The number of benzene rings is 1. The van der Waals surface area contributed by atoms with Crippen molar-refractivity contribution in [2.24, 2.45) is 5.92 Å². The largest absolute Gasteiger partial charge is 0.381 e. The SMILES string of the molecule is C=CC(O)(C(C)=Cc1ccc(F)cc1)C(C)CN(C)C. The van der Waals surface area contributed by atoms with E-state index in [1.165, 1.54) is 12.1 Å². The second-order valence-corrected chi connectivity index (χ2v) is 5.57. The lowest BCUT2D eigenvalue weighted by Gasteiger charge is -2.34. The standard InChI is InChI=1S/C17H24FNO/c1-6-17(20,14(3)12-19(4)5)13(2)11-15-7-9-16(18)10-8-15/h6-11,14,20H,1,12H2,2-5H3. The van der Waals surface area contributed by atoms with E-state index in [1.807, 2.05) is 38.9 Å². The van der Waals surface area contributed by atoms with E-state index in [0.29, 0.717) is 0 Å². The Morgan fingerprint density at radius 3 is 2.40 bits per heavy atom. The second-order valence-electron chi connectivity index (χ2n) is 5.57. The summed E-state index contributed by atoms with van der Waals surface area (Å²) in [7, 11) is 3.94. The van der Waals surface area contributed by atoms with Crippen molar-refractivity contribution in [2.45, 2.75) is 19.4 Å². The Bertz CT molecular complexity index is 478. The van der Waals surface area contributed by atoms with Gasteiger partial charge in [0.1, 0.15) is 11.4 Å². The van der Waals surface area contributed by atoms with Crippen LogP contribution in [0.3, 0.4) is 0 Å². The summed E-state index contributed by atoms with van der Waals surface area (Å²) in [4.78, 5) is 2.03. The first-order chi connectivity index (χ1) is 9.29. The third-order valence-corrected chi connectivity index (χ3v) is 3.59. The Labute approximate surface area is 121 Å². The van der Waals surface area contributed by atoms with Gasteiger partial charge in [0.15, 0.2) is 0 Å². The molecule has 0 aliphatic heterocycles. The molecule has 20 heavy (non-hydrogen) atoms. The van der Waals surface area contributed by atoms with Crippen LogP contribution in [-0.2, 0) is 0 Å². The van der Waals surface area contributed by atoms with Gasteiger partial charge in [0, 0.05) is 12.5 Å². The molecule has 110 valence electrons. The van der Waals surface area contributed by atoms with Crippen LogP contribution in [0.5, 0.6) is 0 Å². The first-order valence-electron chi connectivity index (χ1n) is 6.74. The number of nitrogens with zero attached hydrogens (tertiary/aromatic N) is 1. The van der Waals surface area contributed by atoms with E-state index in [4.69, 9.17) is 0 Å². The molecule has 2 atom stereocenters. The summed E-state index contributed by atoms with van der Waals surface area (Å²) in [5, 5.41) is 10.8. The van der Waals surface area contributed by atoms with Crippen LogP contribution in [0.4, 0.5) is 4.39 Å². The van der Waals surface area contributed by atoms with Crippen molar-refractivity contribution in [3.05, 3.63) is 53.9 Å². The van der Waals surface area contributed by atoms with E-state index in [9.17, 15) is 9.50 Å². The number of aliphatic hydroxyl groups is 1. The van der Waals surface area contributed by atoms with Crippen LogP contribution in [-0.4, -0.2) is 36.2 Å². The van der Waals surface area contributed by atoms with E-state index < -0.39 is 5.60 Å². The predicted octanol–water partition coefficient (Wildman–Crippen LogP) is 3.34. The molecule has 0 bridgehead atoms. The molecule has 3 heteroatoms. The third-order valence-electron chi connectivity index (χ3n) is 3.59. The van der Waals surface area contributed by atoms with Gasteiger partial charge in [-0.3, -0.25) is 0 Å². The topological polar surface area (TPSA) is 23.5 Å². The van der Waals surface area contributed by atoms with Gasteiger partial charge >= 0.3 is 0 Å². The van der Waals surface area contributed by atoms with Gasteiger partial charge in [-0.15, -0.1) is 0 Å². The summed E-state index contributed by atoms with van der Waals surface area (Å²) in [5.41, 5.74) is 0.591. The van der Waals surface area contributed by atoms with Crippen LogP contribution in [0.15, 0.2) is 42.5 Å². The smallest absolute Gasteiger partial charge is 0.123 e. The first-order valence-corrected chi connectivity index (χ1v) is 6.74. The lowest BCUT2D eigenvalue weighted by atomic mass is 9.81. The average Bonchev–Trinajstić information content (AvgIpc) is 2.39. The van der Waals surface area contributed by atoms with Crippen LogP contribution in [0.1, 0.15) is 19.4 Å². The Kier molecular flexibility index (Phi) is 5.66. The van der Waals surface area contributed by atoms with Gasteiger partial charge in [-0.2, -0.15) is 0 Å². The minimum absolute atomic E-state index is 0.00620. The zero-order valence-electron chi connectivity index (χ0n) is 12.7. The average molecular weight is 277 g/mol. The maximum absolute atomic E-state index is 12.9. The summed E-state index contributed by atoms with van der Waals surface area (Å²) in [6.45, 7) is 8.38. The lowest BCUT2D eigenvalue weighted by molar-refractivity contribution is 0.0596. The van der Waals surface area contributed by atoms with Crippen LogP contribution in [0, 0.1) is 11.7 Å². The summed E-state index contributed by atoms with van der Waals surface area (Å²) >= 11 is 0. The molecular formula is C17H24FNO. The fraction of sp³-hybridized carbons (Fsp3) is 0.412. The molecular weight excluding hydrogens is 253 g/mol. The Balaban J connectivity index is 3.03. The zero-order valence-corrected chi connectivity index (χ0v) is 12.7. The predicted molar refractivity (Wildman–Crippen MR) is 82.9 cm³/mol. The molecule has 0 amide bonds. The molecule has 1 rings (SSSR count). The molecule has 1 aromatic carbocycles. The van der Waals surface area contributed by atoms with Gasteiger partial charge < -0.3 is 10.0 Å². The van der Waals surface area contributed by atoms with Gasteiger partial charge in [-0.25, -0.2) is 4.39 Å². The number of hydrogen-bond donors (Lipinski definition) is 1. The van der Waals surface area contributed by atoms with Crippen molar-refractivity contribution in [3.8, 4) is 0 Å². The molecule has 2 nitrogen and oxygen atoms in total. The fourth-order valence-electron chi connectivity index (χ4n) is 2.36. The molecule has 0 saturated carbocycles. The number of hydrogen-bond acceptors (Lipinski definition) is 2. The molecule has 2 unspecified atom stereocenters. The minimum atomic E-state index is -1.07. The van der Waals surface area contributed by atoms with Crippen LogP contribution >= 0.6 is 0 Å². The summed E-state index contributed by atoms with van der Waals surface area (Å²) in [6.07, 6.45) is 3.45. The van der Waals surface area contributed by atoms with Gasteiger partial charge in [0.25, 0.3) is 0 Å². The molecule has 0 aromatic heterocycles. The fourth-order valence-corrected chi connectivity index (χ4v) is 2.36. The number of halogens is 1. The van der Waals surface area contributed by atoms with E-state index in [1.54, 1.807) is 18.2 Å². The van der Waals surface area contributed by atoms with Crippen LogP contribution < -0.4 is 0 Å². The molecule has 0 spiro atoms. The Hall–Kier alpha value is -1.45. The van der Waals surface area contributed by atoms with Crippen LogP contribution in [0.2, 0.25) is 0 Å². The zero-order chi connectivity index (χ0) is 15.3. The molecule has 1 N–H and O–H groups in total. The van der Waals surface area contributed by atoms with Crippen molar-refractivity contribution >= 4 is 6.08 Å². The molecule has 0 saturated heterocycles. The molecule has 1 aromatic rings. The highest BCUT2D eigenvalue weighted by atomic mass is 19.1. The maximum atomic E-state index is 12.9. The molecule has 0 radical (unpaired) electrons. The minimum Gasteiger partial charge on any atom is -0.381 e. The Morgan fingerprint density at radius 2 is 1.95 bits per heavy atom. The van der Waals surface area contributed by atoms with Crippen molar-refractivity contribution in [3.63, 3.8) is 0 Å². The maximum Gasteiger partial charge on any atom is 0.123 e. The monoisotopic (exact) mass is 277 g/mol.